The molecule has 0 saturated carbocycles. The number of aryl methyl sites for hydroxylation is 1. The van der Waals surface area contributed by atoms with E-state index < -0.39 is 0 Å². The van der Waals surface area contributed by atoms with Crippen molar-refractivity contribution in [2.24, 2.45) is 0 Å². The SMILES string of the molecule is Cc1ccc(C2CC(=O)C=C(c3ccc(-c4ccccc4)cc3)C2)cc1. The van der Waals surface area contributed by atoms with Crippen molar-refractivity contribution in [3.63, 3.8) is 0 Å². The topological polar surface area (TPSA) is 17.1 Å². The van der Waals surface area contributed by atoms with Crippen LogP contribution in [0.4, 0.5) is 0 Å². The molecule has 0 N–H and O–H groups in total. The Labute approximate surface area is 155 Å². The van der Waals surface area contributed by atoms with E-state index >= 15 is 0 Å². The molecule has 1 nitrogen and oxygen atoms in total. The van der Waals surface area contributed by atoms with Gasteiger partial charge in [-0.2, -0.15) is 0 Å². The fourth-order valence-corrected chi connectivity index (χ4v) is 3.68. The molecule has 3 aromatic carbocycles. The van der Waals surface area contributed by atoms with Gasteiger partial charge in [-0.25, -0.2) is 0 Å². The molecular weight excluding hydrogens is 316 g/mol. The van der Waals surface area contributed by atoms with E-state index in [0.717, 1.165) is 17.6 Å². The van der Waals surface area contributed by atoms with E-state index in [2.05, 4.69) is 79.7 Å². The molecular formula is C25H22O. The van der Waals surface area contributed by atoms with Crippen molar-refractivity contribution in [2.45, 2.75) is 25.7 Å². The Morgan fingerprint density at radius 3 is 2.00 bits per heavy atom. The van der Waals surface area contributed by atoms with Crippen molar-refractivity contribution in [2.75, 3.05) is 0 Å². The van der Waals surface area contributed by atoms with Crippen molar-refractivity contribution in [3.05, 3.63) is 102 Å². The molecule has 0 amide bonds. The summed E-state index contributed by atoms with van der Waals surface area (Å²) >= 11 is 0. The quantitative estimate of drug-likeness (QED) is 0.556. The summed E-state index contributed by atoms with van der Waals surface area (Å²) in [5.41, 5.74) is 7.22. The van der Waals surface area contributed by atoms with Gasteiger partial charge in [-0.1, -0.05) is 84.4 Å². The maximum absolute atomic E-state index is 12.3. The first-order valence-corrected chi connectivity index (χ1v) is 9.15. The minimum absolute atomic E-state index is 0.226. The minimum atomic E-state index is 0.226. The Balaban J connectivity index is 1.58. The monoisotopic (exact) mass is 338 g/mol. The third-order valence-corrected chi connectivity index (χ3v) is 5.16. The van der Waals surface area contributed by atoms with Crippen molar-refractivity contribution in [1.82, 2.24) is 0 Å². The van der Waals surface area contributed by atoms with Gasteiger partial charge in [0, 0.05) is 6.42 Å². The van der Waals surface area contributed by atoms with Crippen LogP contribution in [0.1, 0.15) is 35.4 Å². The van der Waals surface area contributed by atoms with E-state index in [-0.39, 0.29) is 11.7 Å². The second-order valence-corrected chi connectivity index (χ2v) is 7.10. The molecule has 0 heterocycles. The van der Waals surface area contributed by atoms with Gasteiger partial charge in [0.25, 0.3) is 0 Å². The predicted molar refractivity (Wildman–Crippen MR) is 108 cm³/mol. The number of carbonyl (C=O) groups is 1. The van der Waals surface area contributed by atoms with Crippen LogP contribution in [0, 0.1) is 6.92 Å². The van der Waals surface area contributed by atoms with Gasteiger partial charge in [0.1, 0.15) is 0 Å². The molecule has 1 atom stereocenters. The smallest absolute Gasteiger partial charge is 0.156 e. The number of carbonyl (C=O) groups excluding carboxylic acids is 1. The van der Waals surface area contributed by atoms with Crippen LogP contribution < -0.4 is 0 Å². The van der Waals surface area contributed by atoms with Crippen LogP contribution in [-0.2, 0) is 4.79 Å². The third kappa shape index (κ3) is 3.52. The van der Waals surface area contributed by atoms with Gasteiger partial charge in [-0.15, -0.1) is 0 Å². The number of rotatable bonds is 3. The zero-order chi connectivity index (χ0) is 17.9. The van der Waals surface area contributed by atoms with Crippen LogP contribution in [0.2, 0.25) is 0 Å². The van der Waals surface area contributed by atoms with Crippen LogP contribution in [0.3, 0.4) is 0 Å². The normalized spacial score (nSPS) is 17.0. The largest absolute Gasteiger partial charge is 0.295 e. The van der Waals surface area contributed by atoms with Crippen molar-refractivity contribution in [1.29, 1.82) is 0 Å². The van der Waals surface area contributed by atoms with Crippen LogP contribution in [0.15, 0.2) is 84.9 Å². The van der Waals surface area contributed by atoms with Gasteiger partial charge in [0.2, 0.25) is 0 Å². The van der Waals surface area contributed by atoms with E-state index in [1.165, 1.54) is 22.3 Å². The Kier molecular flexibility index (Phi) is 4.53. The Morgan fingerprint density at radius 1 is 0.692 bits per heavy atom. The Hall–Kier alpha value is -2.93. The van der Waals surface area contributed by atoms with Crippen molar-refractivity contribution in [3.8, 4) is 11.1 Å². The first-order valence-electron chi connectivity index (χ1n) is 9.15. The Bertz CT molecular complexity index is 932. The van der Waals surface area contributed by atoms with Gasteiger partial charge in [-0.3, -0.25) is 4.79 Å². The second-order valence-electron chi connectivity index (χ2n) is 7.10. The molecule has 4 rings (SSSR count). The van der Waals surface area contributed by atoms with Crippen LogP contribution >= 0.6 is 0 Å². The molecule has 3 aromatic rings. The summed E-state index contributed by atoms with van der Waals surface area (Å²) in [6, 6.07) is 27.5. The highest BCUT2D eigenvalue weighted by Crippen LogP contribution is 2.36. The molecule has 0 bridgehead atoms. The van der Waals surface area contributed by atoms with E-state index in [9.17, 15) is 4.79 Å². The van der Waals surface area contributed by atoms with Gasteiger partial charge >= 0.3 is 0 Å². The van der Waals surface area contributed by atoms with E-state index in [0.29, 0.717) is 6.42 Å². The fourth-order valence-electron chi connectivity index (χ4n) is 3.68. The summed E-state index contributed by atoms with van der Waals surface area (Å²) in [7, 11) is 0. The maximum atomic E-state index is 12.3. The molecule has 1 heteroatoms. The molecule has 0 aromatic heterocycles. The summed E-state index contributed by atoms with van der Waals surface area (Å²) in [5, 5.41) is 0. The lowest BCUT2D eigenvalue weighted by atomic mass is 9.81. The first kappa shape index (κ1) is 16.5. The lowest BCUT2D eigenvalue weighted by molar-refractivity contribution is -0.115. The Morgan fingerprint density at radius 2 is 1.31 bits per heavy atom. The van der Waals surface area contributed by atoms with Gasteiger partial charge in [-0.05, 0) is 53.2 Å². The van der Waals surface area contributed by atoms with Crippen LogP contribution in [0.5, 0.6) is 0 Å². The summed E-state index contributed by atoms with van der Waals surface area (Å²) in [5.74, 6) is 0.501. The van der Waals surface area contributed by atoms with Crippen molar-refractivity contribution >= 4 is 11.4 Å². The van der Waals surface area contributed by atoms with Gasteiger partial charge in [0.15, 0.2) is 5.78 Å². The zero-order valence-electron chi connectivity index (χ0n) is 15.0. The summed E-state index contributed by atoms with van der Waals surface area (Å²) in [6.45, 7) is 2.09. The number of ketones is 1. The highest BCUT2D eigenvalue weighted by Gasteiger charge is 2.22. The molecule has 0 aliphatic heterocycles. The highest BCUT2D eigenvalue weighted by molar-refractivity contribution is 5.99. The first-order chi connectivity index (χ1) is 12.7. The van der Waals surface area contributed by atoms with Gasteiger partial charge in [0.05, 0.1) is 0 Å². The van der Waals surface area contributed by atoms with Crippen molar-refractivity contribution < 1.29 is 4.79 Å². The molecule has 1 aliphatic carbocycles. The number of allylic oxidation sites excluding steroid dienone is 2. The van der Waals surface area contributed by atoms with E-state index in [1.807, 2.05) is 12.1 Å². The lowest BCUT2D eigenvalue weighted by Gasteiger charge is -2.23. The van der Waals surface area contributed by atoms with Gasteiger partial charge < -0.3 is 0 Å². The zero-order valence-corrected chi connectivity index (χ0v) is 15.0. The van der Waals surface area contributed by atoms with Crippen LogP contribution in [0.25, 0.3) is 16.7 Å². The molecule has 0 radical (unpaired) electrons. The molecule has 26 heavy (non-hydrogen) atoms. The molecule has 128 valence electrons. The highest BCUT2D eigenvalue weighted by atomic mass is 16.1. The summed E-state index contributed by atoms with van der Waals surface area (Å²) in [4.78, 5) is 12.3. The van der Waals surface area contributed by atoms with E-state index in [1.54, 1.807) is 0 Å². The number of hydrogen-bond donors (Lipinski definition) is 0. The third-order valence-electron chi connectivity index (χ3n) is 5.16. The fraction of sp³-hybridized carbons (Fsp3) is 0.160. The van der Waals surface area contributed by atoms with Crippen LogP contribution in [-0.4, -0.2) is 5.78 Å². The second kappa shape index (κ2) is 7.13. The molecule has 0 spiro atoms. The number of hydrogen-bond acceptors (Lipinski definition) is 1. The minimum Gasteiger partial charge on any atom is -0.295 e. The predicted octanol–water partition coefficient (Wildman–Crippen LogP) is 6.19. The standard InChI is InChI=1S/C25H22O/c1-18-7-9-21(10-8-18)23-15-24(17-25(26)16-23)22-13-11-20(12-14-22)19-5-3-2-4-6-19/h2-14,17,23H,15-16H2,1H3. The molecule has 0 fully saturated rings. The molecule has 0 saturated heterocycles. The van der Waals surface area contributed by atoms with E-state index in [4.69, 9.17) is 0 Å². The summed E-state index contributed by atoms with van der Waals surface area (Å²) < 4.78 is 0. The molecule has 1 unspecified atom stereocenters. The number of benzene rings is 3. The molecule has 1 aliphatic rings. The average molecular weight is 338 g/mol. The maximum Gasteiger partial charge on any atom is 0.156 e. The average Bonchev–Trinajstić information content (AvgIpc) is 2.69. The lowest BCUT2D eigenvalue weighted by Crippen LogP contribution is -2.12. The summed E-state index contributed by atoms with van der Waals surface area (Å²) in [6.07, 6.45) is 3.36.